The summed E-state index contributed by atoms with van der Waals surface area (Å²) in [4.78, 5) is 10.6. The summed E-state index contributed by atoms with van der Waals surface area (Å²) in [6, 6.07) is 69.1. The lowest BCUT2D eigenvalue weighted by Crippen LogP contribution is -2.05. The SMILES string of the molecule is c1ccc(-c2nc(-n3c(-c4ccccc4-c4cc5c6ccccc6n(-c6ccccc6)c5c5ccccc45)cc4ccccc43)nc3ccccc23)cc1. The molecule has 0 saturated heterocycles. The second-order valence-corrected chi connectivity index (χ2v) is 13.8. The molecule has 0 aliphatic heterocycles. The van der Waals surface area contributed by atoms with Crippen LogP contribution >= 0.6 is 0 Å². The predicted molar refractivity (Wildman–Crippen MR) is 225 cm³/mol. The first-order valence-corrected chi connectivity index (χ1v) is 18.3. The Morgan fingerprint density at radius 2 is 0.981 bits per heavy atom. The van der Waals surface area contributed by atoms with Crippen molar-refractivity contribution >= 4 is 54.4 Å². The molecule has 4 nitrogen and oxygen atoms in total. The van der Waals surface area contributed by atoms with E-state index in [1.54, 1.807) is 0 Å². The third-order valence-electron chi connectivity index (χ3n) is 10.7. The van der Waals surface area contributed by atoms with Crippen molar-refractivity contribution in [2.75, 3.05) is 0 Å². The van der Waals surface area contributed by atoms with E-state index in [4.69, 9.17) is 9.97 Å². The molecule has 0 atom stereocenters. The predicted octanol–water partition coefficient (Wildman–Crippen LogP) is 12.8. The van der Waals surface area contributed by atoms with Crippen molar-refractivity contribution in [3.05, 3.63) is 194 Å². The van der Waals surface area contributed by atoms with Gasteiger partial charge in [-0.25, -0.2) is 9.97 Å². The first-order chi connectivity index (χ1) is 26.8. The molecule has 252 valence electrons. The summed E-state index contributed by atoms with van der Waals surface area (Å²) in [6.07, 6.45) is 0. The summed E-state index contributed by atoms with van der Waals surface area (Å²) in [5, 5.41) is 7.03. The Hall–Kier alpha value is -7.30. The minimum Gasteiger partial charge on any atom is -0.309 e. The molecule has 11 rings (SSSR count). The lowest BCUT2D eigenvalue weighted by molar-refractivity contribution is 0.990. The maximum Gasteiger partial charge on any atom is 0.235 e. The van der Waals surface area contributed by atoms with Crippen molar-refractivity contribution in [2.45, 2.75) is 0 Å². The van der Waals surface area contributed by atoms with E-state index in [2.05, 4.69) is 191 Å². The van der Waals surface area contributed by atoms with Crippen molar-refractivity contribution in [1.82, 2.24) is 19.1 Å². The maximum absolute atomic E-state index is 5.36. The number of fused-ring (bicyclic) bond motifs is 7. The van der Waals surface area contributed by atoms with Gasteiger partial charge < -0.3 is 4.57 Å². The quantitative estimate of drug-likeness (QED) is 0.180. The minimum atomic E-state index is 0.643. The Balaban J connectivity index is 1.21. The van der Waals surface area contributed by atoms with Gasteiger partial charge in [-0.3, -0.25) is 4.57 Å². The van der Waals surface area contributed by atoms with Crippen LogP contribution in [-0.4, -0.2) is 19.1 Å². The molecule has 0 bridgehead atoms. The van der Waals surface area contributed by atoms with Crippen LogP contribution in [0.15, 0.2) is 194 Å². The highest BCUT2D eigenvalue weighted by atomic mass is 15.2. The van der Waals surface area contributed by atoms with Crippen LogP contribution in [0.2, 0.25) is 0 Å². The van der Waals surface area contributed by atoms with E-state index < -0.39 is 0 Å². The van der Waals surface area contributed by atoms with Crippen LogP contribution in [0.1, 0.15) is 0 Å². The van der Waals surface area contributed by atoms with Crippen LogP contribution in [0.5, 0.6) is 0 Å². The summed E-state index contributed by atoms with van der Waals surface area (Å²) < 4.78 is 4.66. The first kappa shape index (κ1) is 30.3. The van der Waals surface area contributed by atoms with Gasteiger partial charge in [-0.15, -0.1) is 0 Å². The topological polar surface area (TPSA) is 35.6 Å². The highest BCUT2D eigenvalue weighted by molar-refractivity contribution is 6.22. The van der Waals surface area contributed by atoms with Crippen LogP contribution in [-0.2, 0) is 0 Å². The summed E-state index contributed by atoms with van der Waals surface area (Å²) in [5.74, 6) is 0.643. The number of nitrogens with zero attached hydrogens (tertiary/aromatic N) is 4. The van der Waals surface area contributed by atoms with E-state index in [0.717, 1.165) is 55.6 Å². The number of benzene rings is 8. The average molecular weight is 689 g/mol. The second-order valence-electron chi connectivity index (χ2n) is 13.8. The number of rotatable bonds is 5. The molecule has 0 unspecified atom stereocenters. The summed E-state index contributed by atoms with van der Waals surface area (Å²) in [7, 11) is 0. The van der Waals surface area contributed by atoms with Gasteiger partial charge in [-0.05, 0) is 59.0 Å². The van der Waals surface area contributed by atoms with E-state index in [0.29, 0.717) is 5.95 Å². The number of hydrogen-bond acceptors (Lipinski definition) is 2. The van der Waals surface area contributed by atoms with Gasteiger partial charge in [-0.2, -0.15) is 0 Å². The van der Waals surface area contributed by atoms with Gasteiger partial charge in [0.1, 0.15) is 0 Å². The van der Waals surface area contributed by atoms with E-state index >= 15 is 0 Å². The highest BCUT2D eigenvalue weighted by Crippen LogP contribution is 2.44. The largest absolute Gasteiger partial charge is 0.309 e. The Bertz CT molecular complexity index is 3210. The Morgan fingerprint density at radius 1 is 0.370 bits per heavy atom. The molecule has 0 aliphatic carbocycles. The van der Waals surface area contributed by atoms with Gasteiger partial charge in [0.2, 0.25) is 5.95 Å². The zero-order valence-electron chi connectivity index (χ0n) is 29.3. The normalized spacial score (nSPS) is 11.7. The van der Waals surface area contributed by atoms with Gasteiger partial charge in [0.05, 0.1) is 33.5 Å². The zero-order chi connectivity index (χ0) is 35.6. The Morgan fingerprint density at radius 3 is 1.80 bits per heavy atom. The molecule has 0 saturated carbocycles. The standard InChI is InChI=1S/C50H32N4/c1-3-17-33(18-4-1)48-41-27-12-14-28-44(41)51-50(52-48)54-45-29-15-7-19-34(45)31-47(54)38-24-10-8-22-36(38)42-32-43-39-25-13-16-30-46(39)53(35-20-5-2-6-21-35)49(43)40-26-11-9-23-37(40)42/h1-32H. The molecule has 11 aromatic rings. The van der Waals surface area contributed by atoms with Crippen LogP contribution < -0.4 is 0 Å². The molecule has 0 spiro atoms. The van der Waals surface area contributed by atoms with Gasteiger partial charge >= 0.3 is 0 Å². The third kappa shape index (κ3) is 4.64. The summed E-state index contributed by atoms with van der Waals surface area (Å²) in [5.41, 5.74) is 12.0. The molecule has 4 heteroatoms. The van der Waals surface area contributed by atoms with Crippen LogP contribution in [0.3, 0.4) is 0 Å². The number of para-hydroxylation sites is 4. The van der Waals surface area contributed by atoms with Crippen LogP contribution in [0.25, 0.3) is 99.7 Å². The van der Waals surface area contributed by atoms with E-state index in [1.165, 1.54) is 38.1 Å². The van der Waals surface area contributed by atoms with E-state index in [9.17, 15) is 0 Å². The molecule has 0 amide bonds. The Labute approximate surface area is 311 Å². The van der Waals surface area contributed by atoms with Gasteiger partial charge in [0, 0.05) is 43.7 Å². The van der Waals surface area contributed by atoms with Crippen molar-refractivity contribution in [3.8, 4) is 45.3 Å². The Kier molecular flexibility index (Phi) is 6.82. The molecule has 0 fully saturated rings. The van der Waals surface area contributed by atoms with Crippen molar-refractivity contribution < 1.29 is 0 Å². The maximum atomic E-state index is 5.36. The van der Waals surface area contributed by atoms with Crippen molar-refractivity contribution in [1.29, 1.82) is 0 Å². The molecule has 0 radical (unpaired) electrons. The van der Waals surface area contributed by atoms with E-state index in [1.807, 2.05) is 12.1 Å². The molecular weight excluding hydrogens is 657 g/mol. The smallest absolute Gasteiger partial charge is 0.235 e. The molecule has 8 aromatic carbocycles. The monoisotopic (exact) mass is 688 g/mol. The van der Waals surface area contributed by atoms with Gasteiger partial charge in [-0.1, -0.05) is 152 Å². The molecule has 0 aliphatic rings. The molecule has 0 N–H and O–H groups in total. The zero-order valence-corrected chi connectivity index (χ0v) is 29.3. The van der Waals surface area contributed by atoms with E-state index in [-0.39, 0.29) is 0 Å². The van der Waals surface area contributed by atoms with Gasteiger partial charge in [0.15, 0.2) is 0 Å². The fraction of sp³-hybridized carbons (Fsp3) is 0. The summed E-state index contributed by atoms with van der Waals surface area (Å²) in [6.45, 7) is 0. The minimum absolute atomic E-state index is 0.643. The molecular formula is C50H32N4. The first-order valence-electron chi connectivity index (χ1n) is 18.3. The van der Waals surface area contributed by atoms with Gasteiger partial charge in [0.25, 0.3) is 0 Å². The van der Waals surface area contributed by atoms with Crippen molar-refractivity contribution in [3.63, 3.8) is 0 Å². The third-order valence-corrected chi connectivity index (χ3v) is 10.7. The second kappa shape index (κ2) is 12.1. The average Bonchev–Trinajstić information content (AvgIpc) is 3.80. The molecule has 54 heavy (non-hydrogen) atoms. The number of hydrogen-bond donors (Lipinski definition) is 0. The fourth-order valence-corrected chi connectivity index (χ4v) is 8.38. The lowest BCUT2D eigenvalue weighted by atomic mass is 9.91. The fourth-order valence-electron chi connectivity index (χ4n) is 8.38. The van der Waals surface area contributed by atoms with Crippen LogP contribution in [0.4, 0.5) is 0 Å². The van der Waals surface area contributed by atoms with Crippen LogP contribution in [0, 0.1) is 0 Å². The summed E-state index contributed by atoms with van der Waals surface area (Å²) >= 11 is 0. The molecule has 3 aromatic heterocycles. The number of aromatic nitrogens is 4. The molecule has 3 heterocycles. The van der Waals surface area contributed by atoms with Crippen molar-refractivity contribution in [2.24, 2.45) is 0 Å². The highest BCUT2D eigenvalue weighted by Gasteiger charge is 2.22. The lowest BCUT2D eigenvalue weighted by Gasteiger charge is -2.17.